The van der Waals surface area contributed by atoms with Crippen molar-refractivity contribution in [1.29, 1.82) is 0 Å². The topological polar surface area (TPSA) is 57.7 Å². The summed E-state index contributed by atoms with van der Waals surface area (Å²) in [5, 5.41) is 0. The fourth-order valence-electron chi connectivity index (χ4n) is 1.95. The average molecular weight is 182 g/mol. The number of fused-ring (bicyclic) bond motifs is 1. The molecule has 0 aromatic carbocycles. The summed E-state index contributed by atoms with van der Waals surface area (Å²) in [5.41, 5.74) is 0. The zero-order chi connectivity index (χ0) is 9.59. The summed E-state index contributed by atoms with van der Waals surface area (Å²) in [4.78, 5) is 36.2. The zero-order valence-corrected chi connectivity index (χ0v) is 7.32. The Morgan fingerprint density at radius 3 is 2.69 bits per heavy atom. The summed E-state index contributed by atoms with van der Waals surface area (Å²) in [6, 6.07) is 0. The number of imide groups is 1. The minimum atomic E-state index is -0.294. The molecule has 0 saturated carbocycles. The van der Waals surface area contributed by atoms with E-state index in [1.54, 1.807) is 0 Å². The summed E-state index contributed by atoms with van der Waals surface area (Å²) in [7, 11) is 0. The second kappa shape index (κ2) is 2.55. The lowest BCUT2D eigenvalue weighted by molar-refractivity contribution is -0.142. The highest BCUT2D eigenvalue weighted by atomic mass is 16.2. The van der Waals surface area contributed by atoms with Crippen molar-refractivity contribution in [2.45, 2.75) is 25.9 Å². The van der Waals surface area contributed by atoms with E-state index in [4.69, 9.17) is 0 Å². The molecule has 2 heterocycles. The van der Waals surface area contributed by atoms with Gasteiger partial charge in [0, 0.05) is 13.3 Å². The van der Waals surface area contributed by atoms with Crippen LogP contribution in [0.4, 0.5) is 0 Å². The van der Waals surface area contributed by atoms with Gasteiger partial charge in [-0.3, -0.25) is 19.3 Å². The minimum absolute atomic E-state index is 0.0258. The van der Waals surface area contributed by atoms with Crippen LogP contribution in [0.2, 0.25) is 0 Å². The molecule has 2 aliphatic rings. The fourth-order valence-corrected chi connectivity index (χ4v) is 1.95. The molecule has 2 saturated heterocycles. The van der Waals surface area contributed by atoms with Gasteiger partial charge < -0.3 is 4.90 Å². The third-order valence-corrected chi connectivity index (χ3v) is 2.51. The maximum absolute atomic E-state index is 11.3. The molecule has 0 radical (unpaired) electrons. The Labute approximate surface area is 75.3 Å². The number of hydrogen-bond donors (Lipinski definition) is 0. The molecule has 2 aliphatic heterocycles. The Hall–Kier alpha value is -1.39. The van der Waals surface area contributed by atoms with Crippen LogP contribution in [0.1, 0.15) is 19.8 Å². The van der Waals surface area contributed by atoms with E-state index >= 15 is 0 Å². The summed E-state index contributed by atoms with van der Waals surface area (Å²) >= 11 is 0. The third kappa shape index (κ3) is 1.03. The van der Waals surface area contributed by atoms with E-state index in [9.17, 15) is 14.4 Å². The van der Waals surface area contributed by atoms with Gasteiger partial charge in [0.25, 0.3) is 5.91 Å². The van der Waals surface area contributed by atoms with Crippen molar-refractivity contribution in [3.63, 3.8) is 0 Å². The predicted octanol–water partition coefficient (Wildman–Crippen LogP) is -0.676. The number of carbonyl (C=O) groups is 3. The van der Waals surface area contributed by atoms with Gasteiger partial charge in [0.05, 0.1) is 0 Å². The third-order valence-electron chi connectivity index (χ3n) is 2.51. The average Bonchev–Trinajstić information content (AvgIpc) is 2.51. The molecule has 2 rings (SSSR count). The first kappa shape index (κ1) is 8.22. The van der Waals surface area contributed by atoms with Gasteiger partial charge in [-0.2, -0.15) is 0 Å². The van der Waals surface area contributed by atoms with Crippen molar-refractivity contribution < 1.29 is 14.4 Å². The van der Waals surface area contributed by atoms with Gasteiger partial charge in [-0.05, 0) is 6.42 Å². The van der Waals surface area contributed by atoms with Gasteiger partial charge in [0.15, 0.2) is 0 Å². The Balaban J connectivity index is 2.27. The van der Waals surface area contributed by atoms with Gasteiger partial charge in [-0.15, -0.1) is 0 Å². The molecule has 0 aromatic rings. The lowest BCUT2D eigenvalue weighted by Gasteiger charge is -2.20. The molecular formula is C8H10N2O3. The molecule has 0 N–H and O–H groups in total. The molecular weight excluding hydrogens is 172 g/mol. The van der Waals surface area contributed by atoms with E-state index in [-0.39, 0.29) is 30.4 Å². The van der Waals surface area contributed by atoms with Gasteiger partial charge in [0.1, 0.15) is 12.7 Å². The molecule has 70 valence electrons. The van der Waals surface area contributed by atoms with Crippen LogP contribution in [0.3, 0.4) is 0 Å². The van der Waals surface area contributed by atoms with Crippen molar-refractivity contribution in [3.8, 4) is 0 Å². The Morgan fingerprint density at radius 2 is 2.08 bits per heavy atom. The molecule has 0 spiro atoms. The van der Waals surface area contributed by atoms with E-state index in [0.29, 0.717) is 12.8 Å². The molecule has 13 heavy (non-hydrogen) atoms. The second-order valence-corrected chi connectivity index (χ2v) is 3.32. The first-order valence-corrected chi connectivity index (χ1v) is 4.23. The first-order chi connectivity index (χ1) is 6.11. The lowest BCUT2D eigenvalue weighted by Crippen LogP contribution is -2.39. The maximum atomic E-state index is 11.3. The maximum Gasteiger partial charge on any atom is 0.250 e. The van der Waals surface area contributed by atoms with Crippen molar-refractivity contribution >= 4 is 17.7 Å². The van der Waals surface area contributed by atoms with E-state index in [1.165, 1.54) is 16.7 Å². The summed E-state index contributed by atoms with van der Waals surface area (Å²) in [6.07, 6.45) is 0.740. The number of hydrogen-bond acceptors (Lipinski definition) is 3. The molecule has 1 unspecified atom stereocenters. The monoisotopic (exact) mass is 182 g/mol. The van der Waals surface area contributed by atoms with Crippen molar-refractivity contribution in [2.24, 2.45) is 0 Å². The zero-order valence-electron chi connectivity index (χ0n) is 7.32. The molecule has 5 heteroatoms. The van der Waals surface area contributed by atoms with Crippen LogP contribution in [0, 0.1) is 0 Å². The lowest BCUT2D eigenvalue weighted by atomic mass is 10.3. The molecule has 3 amide bonds. The normalized spacial score (nSPS) is 27.0. The number of carbonyl (C=O) groups excluding carboxylic acids is 3. The Morgan fingerprint density at radius 1 is 1.38 bits per heavy atom. The quantitative estimate of drug-likeness (QED) is 0.499. The Bertz CT molecular complexity index is 300. The van der Waals surface area contributed by atoms with E-state index in [1.807, 2.05) is 0 Å². The summed E-state index contributed by atoms with van der Waals surface area (Å²) in [5.74, 6) is -0.556. The van der Waals surface area contributed by atoms with Crippen molar-refractivity contribution in [1.82, 2.24) is 9.80 Å². The van der Waals surface area contributed by atoms with Gasteiger partial charge in [-0.25, -0.2) is 0 Å². The SMILES string of the molecule is CC(=O)N1C(=O)CN2C(=O)CCC21. The number of amides is 3. The highest BCUT2D eigenvalue weighted by Gasteiger charge is 2.46. The molecule has 0 bridgehead atoms. The standard InChI is InChI=1S/C8H10N2O3/c1-5(11)10-6-2-3-7(12)9(6)4-8(10)13/h6H,2-4H2,1H3. The highest BCUT2D eigenvalue weighted by Crippen LogP contribution is 2.27. The highest BCUT2D eigenvalue weighted by molar-refractivity contribution is 6.00. The molecule has 5 nitrogen and oxygen atoms in total. The van der Waals surface area contributed by atoms with Crippen LogP contribution < -0.4 is 0 Å². The smallest absolute Gasteiger partial charge is 0.250 e. The van der Waals surface area contributed by atoms with Crippen LogP contribution >= 0.6 is 0 Å². The van der Waals surface area contributed by atoms with E-state index in [0.717, 1.165) is 0 Å². The van der Waals surface area contributed by atoms with Crippen LogP contribution in [0.5, 0.6) is 0 Å². The van der Waals surface area contributed by atoms with Crippen LogP contribution in [-0.2, 0) is 14.4 Å². The van der Waals surface area contributed by atoms with Crippen molar-refractivity contribution in [2.75, 3.05) is 6.54 Å². The van der Waals surface area contributed by atoms with E-state index < -0.39 is 0 Å². The largest absolute Gasteiger partial charge is 0.312 e. The molecule has 0 aliphatic carbocycles. The number of nitrogens with zero attached hydrogens (tertiary/aromatic N) is 2. The van der Waals surface area contributed by atoms with Gasteiger partial charge >= 0.3 is 0 Å². The molecule has 2 fully saturated rings. The fraction of sp³-hybridized carbons (Fsp3) is 0.625. The molecule has 1 atom stereocenters. The van der Waals surface area contributed by atoms with Crippen LogP contribution in [0.15, 0.2) is 0 Å². The summed E-state index contributed by atoms with van der Waals surface area (Å²) < 4.78 is 0. The minimum Gasteiger partial charge on any atom is -0.312 e. The number of rotatable bonds is 0. The predicted molar refractivity (Wildman–Crippen MR) is 42.3 cm³/mol. The van der Waals surface area contributed by atoms with Crippen molar-refractivity contribution in [3.05, 3.63) is 0 Å². The van der Waals surface area contributed by atoms with Gasteiger partial charge in [0.2, 0.25) is 11.8 Å². The second-order valence-electron chi connectivity index (χ2n) is 3.32. The Kier molecular flexibility index (Phi) is 1.61. The van der Waals surface area contributed by atoms with Crippen LogP contribution in [0.25, 0.3) is 0 Å². The van der Waals surface area contributed by atoms with E-state index in [2.05, 4.69) is 0 Å². The first-order valence-electron chi connectivity index (χ1n) is 4.23. The van der Waals surface area contributed by atoms with Gasteiger partial charge in [-0.1, -0.05) is 0 Å². The summed E-state index contributed by atoms with van der Waals surface area (Å²) in [6.45, 7) is 1.42. The molecule has 0 aromatic heterocycles. The van der Waals surface area contributed by atoms with Crippen LogP contribution in [-0.4, -0.2) is 40.2 Å².